The van der Waals surface area contributed by atoms with Crippen LogP contribution in [0.25, 0.3) is 0 Å². The average Bonchev–Trinajstić information content (AvgIpc) is 2.68. The van der Waals surface area contributed by atoms with Crippen molar-refractivity contribution >= 4 is 28.9 Å². The van der Waals surface area contributed by atoms with Gasteiger partial charge in [-0.25, -0.2) is 0 Å². The summed E-state index contributed by atoms with van der Waals surface area (Å²) >= 11 is 12.1. The Labute approximate surface area is 169 Å². The number of halogens is 2. The summed E-state index contributed by atoms with van der Waals surface area (Å²) in [4.78, 5) is 0. The summed E-state index contributed by atoms with van der Waals surface area (Å²) in [5.41, 5.74) is 3.12. The van der Waals surface area contributed by atoms with E-state index in [0.717, 1.165) is 29.3 Å². The summed E-state index contributed by atoms with van der Waals surface area (Å²) in [5, 5.41) is 4.62. The van der Waals surface area contributed by atoms with Crippen LogP contribution in [-0.4, -0.2) is 6.61 Å². The molecule has 27 heavy (non-hydrogen) atoms. The van der Waals surface area contributed by atoms with Crippen LogP contribution in [-0.2, 0) is 13.2 Å². The van der Waals surface area contributed by atoms with Gasteiger partial charge in [0.05, 0.1) is 6.61 Å². The summed E-state index contributed by atoms with van der Waals surface area (Å²) < 4.78 is 11.3. The summed E-state index contributed by atoms with van der Waals surface area (Å²) in [6.07, 6.45) is 0. The van der Waals surface area contributed by atoms with Crippen LogP contribution in [0.5, 0.6) is 11.5 Å². The predicted octanol–water partition coefficient (Wildman–Crippen LogP) is 6.58. The SMILES string of the molecule is CCOc1ccc(NCc2ccc(OCc3ccc(Cl)cc3Cl)cc2)cc1. The molecule has 0 atom stereocenters. The Morgan fingerprint density at radius 2 is 1.48 bits per heavy atom. The number of nitrogens with one attached hydrogen (secondary N) is 1. The lowest BCUT2D eigenvalue weighted by Crippen LogP contribution is -2.00. The number of hydrogen-bond donors (Lipinski definition) is 1. The molecule has 0 heterocycles. The average molecular weight is 402 g/mol. The molecule has 0 unspecified atom stereocenters. The van der Waals surface area contributed by atoms with E-state index in [2.05, 4.69) is 5.32 Å². The maximum atomic E-state index is 6.17. The van der Waals surface area contributed by atoms with E-state index < -0.39 is 0 Å². The van der Waals surface area contributed by atoms with E-state index in [0.29, 0.717) is 23.3 Å². The Bertz CT molecular complexity index is 864. The third-order valence-corrected chi connectivity index (χ3v) is 4.58. The Morgan fingerprint density at radius 1 is 0.815 bits per heavy atom. The molecule has 0 saturated carbocycles. The van der Waals surface area contributed by atoms with Crippen molar-refractivity contribution in [2.45, 2.75) is 20.1 Å². The van der Waals surface area contributed by atoms with Crippen LogP contribution in [0.4, 0.5) is 5.69 Å². The monoisotopic (exact) mass is 401 g/mol. The third-order valence-electron chi connectivity index (χ3n) is 3.99. The van der Waals surface area contributed by atoms with E-state index in [9.17, 15) is 0 Å². The number of ether oxygens (including phenoxy) is 2. The molecule has 0 aliphatic carbocycles. The van der Waals surface area contributed by atoms with Gasteiger partial charge in [0.2, 0.25) is 0 Å². The number of rotatable bonds is 8. The molecule has 0 spiro atoms. The Hall–Kier alpha value is -2.36. The minimum Gasteiger partial charge on any atom is -0.494 e. The van der Waals surface area contributed by atoms with Crippen molar-refractivity contribution in [1.82, 2.24) is 0 Å². The second kappa shape index (κ2) is 9.54. The van der Waals surface area contributed by atoms with Gasteiger partial charge in [-0.15, -0.1) is 0 Å². The molecule has 0 amide bonds. The van der Waals surface area contributed by atoms with E-state index in [-0.39, 0.29) is 0 Å². The van der Waals surface area contributed by atoms with Crippen molar-refractivity contribution in [2.75, 3.05) is 11.9 Å². The minimum atomic E-state index is 0.403. The van der Waals surface area contributed by atoms with E-state index in [1.165, 1.54) is 5.56 Å². The van der Waals surface area contributed by atoms with Crippen LogP contribution < -0.4 is 14.8 Å². The fourth-order valence-electron chi connectivity index (χ4n) is 2.54. The smallest absolute Gasteiger partial charge is 0.119 e. The molecule has 3 aromatic carbocycles. The van der Waals surface area contributed by atoms with Gasteiger partial charge in [0, 0.05) is 27.8 Å². The molecule has 0 radical (unpaired) electrons. The molecule has 3 rings (SSSR count). The molecular weight excluding hydrogens is 381 g/mol. The third kappa shape index (κ3) is 5.81. The molecule has 0 aliphatic rings. The molecule has 0 aromatic heterocycles. The van der Waals surface area contributed by atoms with Crippen molar-refractivity contribution in [3.63, 3.8) is 0 Å². The van der Waals surface area contributed by atoms with Gasteiger partial charge >= 0.3 is 0 Å². The minimum absolute atomic E-state index is 0.403. The lowest BCUT2D eigenvalue weighted by atomic mass is 10.2. The number of hydrogen-bond acceptors (Lipinski definition) is 3. The fourth-order valence-corrected chi connectivity index (χ4v) is 3.01. The van der Waals surface area contributed by atoms with Gasteiger partial charge in [0.1, 0.15) is 18.1 Å². The lowest BCUT2D eigenvalue weighted by Gasteiger charge is -2.10. The predicted molar refractivity (Wildman–Crippen MR) is 112 cm³/mol. The van der Waals surface area contributed by atoms with Gasteiger partial charge in [-0.2, -0.15) is 0 Å². The van der Waals surface area contributed by atoms with E-state index in [1.807, 2.05) is 67.6 Å². The molecule has 0 saturated heterocycles. The van der Waals surface area contributed by atoms with Crippen molar-refractivity contribution < 1.29 is 9.47 Å². The quantitative estimate of drug-likeness (QED) is 0.462. The summed E-state index contributed by atoms with van der Waals surface area (Å²) in [5.74, 6) is 1.68. The first-order valence-corrected chi connectivity index (χ1v) is 9.52. The highest BCUT2D eigenvalue weighted by Gasteiger charge is 2.03. The molecule has 0 aliphatic heterocycles. The van der Waals surface area contributed by atoms with Crippen LogP contribution in [0, 0.1) is 0 Å². The first-order chi connectivity index (χ1) is 13.1. The highest BCUT2D eigenvalue weighted by molar-refractivity contribution is 6.35. The number of benzene rings is 3. The van der Waals surface area contributed by atoms with Gasteiger partial charge < -0.3 is 14.8 Å². The topological polar surface area (TPSA) is 30.5 Å². The van der Waals surface area contributed by atoms with Crippen molar-refractivity contribution in [2.24, 2.45) is 0 Å². The Balaban J connectivity index is 1.51. The van der Waals surface area contributed by atoms with Crippen molar-refractivity contribution in [3.05, 3.63) is 87.9 Å². The molecule has 5 heteroatoms. The van der Waals surface area contributed by atoms with Crippen LogP contribution >= 0.6 is 23.2 Å². The van der Waals surface area contributed by atoms with Crippen LogP contribution in [0.1, 0.15) is 18.1 Å². The van der Waals surface area contributed by atoms with E-state index >= 15 is 0 Å². The normalized spacial score (nSPS) is 10.5. The van der Waals surface area contributed by atoms with E-state index in [4.69, 9.17) is 32.7 Å². The van der Waals surface area contributed by atoms with Gasteiger partial charge in [-0.1, -0.05) is 41.4 Å². The van der Waals surface area contributed by atoms with Gasteiger partial charge in [0.15, 0.2) is 0 Å². The van der Waals surface area contributed by atoms with Crippen LogP contribution in [0.2, 0.25) is 10.0 Å². The molecule has 3 nitrogen and oxygen atoms in total. The molecule has 0 bridgehead atoms. The van der Waals surface area contributed by atoms with Crippen molar-refractivity contribution in [3.8, 4) is 11.5 Å². The Kier molecular flexibility index (Phi) is 6.86. The standard InChI is InChI=1S/C22H21Cl2NO2/c1-2-26-20-11-7-19(8-12-20)25-14-16-3-9-21(10-4-16)27-15-17-5-6-18(23)13-22(17)24/h3-13,25H,2,14-15H2,1H3. The van der Waals surface area contributed by atoms with Crippen molar-refractivity contribution in [1.29, 1.82) is 0 Å². The maximum absolute atomic E-state index is 6.17. The van der Waals surface area contributed by atoms with Gasteiger partial charge in [0.25, 0.3) is 0 Å². The van der Waals surface area contributed by atoms with Gasteiger partial charge in [-0.3, -0.25) is 0 Å². The highest BCUT2D eigenvalue weighted by atomic mass is 35.5. The molecule has 3 aromatic rings. The largest absolute Gasteiger partial charge is 0.494 e. The van der Waals surface area contributed by atoms with Crippen LogP contribution in [0.15, 0.2) is 66.7 Å². The maximum Gasteiger partial charge on any atom is 0.119 e. The summed E-state index contributed by atoms with van der Waals surface area (Å²) in [6, 6.07) is 21.4. The second-order valence-corrected chi connectivity index (χ2v) is 6.82. The zero-order chi connectivity index (χ0) is 19.1. The molecule has 1 N–H and O–H groups in total. The van der Waals surface area contributed by atoms with Gasteiger partial charge in [-0.05, 0) is 61.0 Å². The molecule has 140 valence electrons. The fraction of sp³-hybridized carbons (Fsp3) is 0.182. The lowest BCUT2D eigenvalue weighted by molar-refractivity contribution is 0.306. The summed E-state index contributed by atoms with van der Waals surface area (Å²) in [6.45, 7) is 3.78. The zero-order valence-electron chi connectivity index (χ0n) is 15.0. The first-order valence-electron chi connectivity index (χ1n) is 8.76. The number of anilines is 1. The Morgan fingerprint density at radius 3 is 2.15 bits per heavy atom. The zero-order valence-corrected chi connectivity index (χ0v) is 16.6. The molecular formula is C22H21Cl2NO2. The van der Waals surface area contributed by atoms with E-state index in [1.54, 1.807) is 6.07 Å². The second-order valence-electron chi connectivity index (χ2n) is 5.98. The highest BCUT2D eigenvalue weighted by Crippen LogP contribution is 2.23. The van der Waals surface area contributed by atoms with Crippen LogP contribution in [0.3, 0.4) is 0 Å². The summed E-state index contributed by atoms with van der Waals surface area (Å²) in [7, 11) is 0. The molecule has 0 fully saturated rings. The first kappa shape index (κ1) is 19.4.